The molecule has 2 N–H and O–H groups in total. The van der Waals surface area contributed by atoms with Gasteiger partial charge in [0, 0.05) is 11.1 Å². The molecule has 0 unspecified atom stereocenters. The number of hydrogen-bond donors (Lipinski definition) is 2. The third-order valence-corrected chi connectivity index (χ3v) is 4.43. The standard InChI is InChI=1S/C25H22FNO5/c1-2-31-23-15-17(12-13-22(23)32-16-19-10-6-7-11-20(19)26)14-21(25(29)30)27-24(28)18-8-4-3-5-9-18/h3-15H,2,16H2,1H3,(H,27,28)(H,29,30). The van der Waals surface area contributed by atoms with Crippen LogP contribution in [0.1, 0.15) is 28.4 Å². The van der Waals surface area contributed by atoms with Crippen LogP contribution in [0, 0.1) is 5.82 Å². The molecular weight excluding hydrogens is 413 g/mol. The Bertz CT molecular complexity index is 1130. The van der Waals surface area contributed by atoms with E-state index in [9.17, 15) is 19.1 Å². The Hall–Kier alpha value is -4.13. The van der Waals surface area contributed by atoms with E-state index in [1.165, 1.54) is 12.1 Å². The fourth-order valence-electron chi connectivity index (χ4n) is 2.87. The van der Waals surface area contributed by atoms with Gasteiger partial charge in [-0.15, -0.1) is 0 Å². The highest BCUT2D eigenvalue weighted by molar-refractivity contribution is 6.02. The van der Waals surface area contributed by atoms with Crippen LogP contribution in [0.15, 0.2) is 78.5 Å². The second kappa shape index (κ2) is 10.8. The molecule has 1 amide bonds. The van der Waals surface area contributed by atoms with Gasteiger partial charge in [0.1, 0.15) is 18.1 Å². The Labute approximate surface area is 184 Å². The average molecular weight is 435 g/mol. The molecule has 3 rings (SSSR count). The van der Waals surface area contributed by atoms with Crippen LogP contribution in [0.3, 0.4) is 0 Å². The number of benzene rings is 3. The quantitative estimate of drug-likeness (QED) is 0.478. The predicted molar refractivity (Wildman–Crippen MR) is 118 cm³/mol. The van der Waals surface area contributed by atoms with Crippen LogP contribution in [0.4, 0.5) is 4.39 Å². The first kappa shape index (κ1) is 22.6. The van der Waals surface area contributed by atoms with Crippen molar-refractivity contribution >= 4 is 18.0 Å². The number of nitrogens with one attached hydrogen (secondary N) is 1. The molecule has 0 aliphatic heterocycles. The van der Waals surface area contributed by atoms with E-state index in [0.717, 1.165) is 0 Å². The number of amides is 1. The van der Waals surface area contributed by atoms with Crippen molar-refractivity contribution < 1.29 is 28.6 Å². The van der Waals surface area contributed by atoms with Crippen molar-refractivity contribution in [2.75, 3.05) is 6.61 Å². The van der Waals surface area contributed by atoms with Crippen molar-refractivity contribution in [3.05, 3.63) is 101 Å². The Morgan fingerprint density at radius 3 is 2.38 bits per heavy atom. The van der Waals surface area contributed by atoms with Crippen LogP contribution in [-0.4, -0.2) is 23.6 Å². The molecule has 0 saturated carbocycles. The highest BCUT2D eigenvalue weighted by Gasteiger charge is 2.14. The molecular formula is C25H22FNO5. The molecule has 6 nitrogen and oxygen atoms in total. The summed E-state index contributed by atoms with van der Waals surface area (Å²) in [6.45, 7) is 2.15. The van der Waals surface area contributed by atoms with Crippen LogP contribution in [0.25, 0.3) is 6.08 Å². The van der Waals surface area contributed by atoms with Crippen LogP contribution in [0.5, 0.6) is 11.5 Å². The van der Waals surface area contributed by atoms with E-state index in [0.29, 0.717) is 34.8 Å². The molecule has 0 aliphatic rings. The molecule has 0 aliphatic carbocycles. The molecule has 0 aromatic heterocycles. The largest absolute Gasteiger partial charge is 0.490 e. The second-order valence-electron chi connectivity index (χ2n) is 6.70. The summed E-state index contributed by atoms with van der Waals surface area (Å²) in [5.74, 6) is -1.43. The van der Waals surface area contributed by atoms with Crippen molar-refractivity contribution in [1.29, 1.82) is 0 Å². The van der Waals surface area contributed by atoms with Crippen LogP contribution in [-0.2, 0) is 11.4 Å². The third-order valence-electron chi connectivity index (χ3n) is 4.43. The lowest BCUT2D eigenvalue weighted by Gasteiger charge is -2.13. The normalized spacial score (nSPS) is 11.0. The summed E-state index contributed by atoms with van der Waals surface area (Å²) in [5, 5.41) is 11.9. The van der Waals surface area contributed by atoms with Gasteiger partial charge in [-0.2, -0.15) is 0 Å². The lowest BCUT2D eigenvalue weighted by atomic mass is 10.1. The molecule has 0 spiro atoms. The zero-order valence-corrected chi connectivity index (χ0v) is 17.4. The summed E-state index contributed by atoms with van der Waals surface area (Å²) >= 11 is 0. The minimum absolute atomic E-state index is 0.00937. The molecule has 0 radical (unpaired) electrons. The summed E-state index contributed by atoms with van der Waals surface area (Å²) in [6, 6.07) is 19.4. The van der Waals surface area contributed by atoms with Gasteiger partial charge in [-0.25, -0.2) is 9.18 Å². The second-order valence-corrected chi connectivity index (χ2v) is 6.70. The summed E-state index contributed by atoms with van der Waals surface area (Å²) in [5.41, 5.74) is 0.932. The molecule has 0 saturated heterocycles. The topological polar surface area (TPSA) is 84.9 Å². The molecule has 164 valence electrons. The minimum Gasteiger partial charge on any atom is -0.490 e. The lowest BCUT2D eigenvalue weighted by Crippen LogP contribution is -2.27. The van der Waals surface area contributed by atoms with Crippen molar-refractivity contribution in [3.63, 3.8) is 0 Å². The van der Waals surface area contributed by atoms with E-state index in [4.69, 9.17) is 9.47 Å². The first-order chi connectivity index (χ1) is 15.5. The van der Waals surface area contributed by atoms with Gasteiger partial charge in [0.05, 0.1) is 6.61 Å². The minimum atomic E-state index is -1.29. The number of hydrogen-bond acceptors (Lipinski definition) is 4. The SMILES string of the molecule is CCOc1cc(C=C(NC(=O)c2ccccc2)C(=O)O)ccc1OCc1ccccc1F. The number of aliphatic carboxylic acids is 1. The van der Waals surface area contributed by atoms with Gasteiger partial charge in [-0.1, -0.05) is 42.5 Å². The Balaban J connectivity index is 1.81. The number of halogens is 1. The van der Waals surface area contributed by atoms with Crippen molar-refractivity contribution in [1.82, 2.24) is 5.32 Å². The number of carboxylic acids is 1. The average Bonchev–Trinajstić information content (AvgIpc) is 2.79. The third kappa shape index (κ3) is 5.95. The Morgan fingerprint density at radius 2 is 1.69 bits per heavy atom. The smallest absolute Gasteiger partial charge is 0.352 e. The summed E-state index contributed by atoms with van der Waals surface area (Å²) in [7, 11) is 0. The van der Waals surface area contributed by atoms with Gasteiger partial charge in [-0.05, 0) is 48.9 Å². The van der Waals surface area contributed by atoms with E-state index >= 15 is 0 Å². The van der Waals surface area contributed by atoms with E-state index in [1.54, 1.807) is 73.7 Å². The molecule has 3 aromatic rings. The first-order valence-corrected chi connectivity index (χ1v) is 9.92. The first-order valence-electron chi connectivity index (χ1n) is 9.92. The fourth-order valence-corrected chi connectivity index (χ4v) is 2.87. The van der Waals surface area contributed by atoms with Gasteiger partial charge in [0.2, 0.25) is 0 Å². The van der Waals surface area contributed by atoms with Crippen LogP contribution in [0.2, 0.25) is 0 Å². The van der Waals surface area contributed by atoms with Gasteiger partial charge >= 0.3 is 5.97 Å². The lowest BCUT2D eigenvalue weighted by molar-refractivity contribution is -0.132. The molecule has 0 fully saturated rings. The maximum atomic E-state index is 13.8. The summed E-state index contributed by atoms with van der Waals surface area (Å²) in [4.78, 5) is 24.0. The number of rotatable bonds is 9. The van der Waals surface area contributed by atoms with Gasteiger partial charge < -0.3 is 19.9 Å². The fraction of sp³-hybridized carbons (Fsp3) is 0.120. The van der Waals surface area contributed by atoms with E-state index in [2.05, 4.69) is 5.32 Å². The van der Waals surface area contributed by atoms with Gasteiger partial charge in [-0.3, -0.25) is 4.79 Å². The van der Waals surface area contributed by atoms with Crippen molar-refractivity contribution in [3.8, 4) is 11.5 Å². The summed E-state index contributed by atoms with van der Waals surface area (Å²) in [6.07, 6.45) is 1.33. The van der Waals surface area contributed by atoms with E-state index in [1.807, 2.05) is 0 Å². The number of carboxylic acid groups (broad SMARTS) is 1. The van der Waals surface area contributed by atoms with E-state index < -0.39 is 11.9 Å². The number of carbonyl (C=O) groups excluding carboxylic acids is 1. The van der Waals surface area contributed by atoms with Gasteiger partial charge in [0.25, 0.3) is 5.91 Å². The highest BCUT2D eigenvalue weighted by Crippen LogP contribution is 2.30. The molecule has 7 heteroatoms. The van der Waals surface area contributed by atoms with Crippen molar-refractivity contribution in [2.24, 2.45) is 0 Å². The number of carbonyl (C=O) groups is 2. The van der Waals surface area contributed by atoms with Gasteiger partial charge in [0.15, 0.2) is 11.5 Å². The zero-order valence-electron chi connectivity index (χ0n) is 17.4. The molecule has 0 bridgehead atoms. The molecule has 3 aromatic carbocycles. The summed E-state index contributed by atoms with van der Waals surface area (Å²) < 4.78 is 25.2. The number of ether oxygens (including phenoxy) is 2. The van der Waals surface area contributed by atoms with Crippen LogP contribution < -0.4 is 14.8 Å². The highest BCUT2D eigenvalue weighted by atomic mass is 19.1. The van der Waals surface area contributed by atoms with E-state index in [-0.39, 0.29) is 18.1 Å². The van der Waals surface area contributed by atoms with Crippen LogP contribution >= 0.6 is 0 Å². The molecule has 32 heavy (non-hydrogen) atoms. The Morgan fingerprint density at radius 1 is 0.969 bits per heavy atom. The maximum absolute atomic E-state index is 13.8. The monoisotopic (exact) mass is 435 g/mol. The molecule has 0 heterocycles. The van der Waals surface area contributed by atoms with Crippen molar-refractivity contribution in [2.45, 2.75) is 13.5 Å². The molecule has 0 atom stereocenters. The zero-order chi connectivity index (χ0) is 22.9. The predicted octanol–water partition coefficient (Wildman–Crippen LogP) is 4.66. The Kier molecular flexibility index (Phi) is 7.59. The maximum Gasteiger partial charge on any atom is 0.352 e.